The van der Waals surface area contributed by atoms with E-state index in [-0.39, 0.29) is 11.5 Å². The predicted molar refractivity (Wildman–Crippen MR) is 63.2 cm³/mol. The zero-order valence-electron chi connectivity index (χ0n) is 9.18. The lowest BCUT2D eigenvalue weighted by atomic mass is 10.0. The van der Waals surface area contributed by atoms with Crippen LogP contribution in [0.4, 0.5) is 10.1 Å². The van der Waals surface area contributed by atoms with Gasteiger partial charge in [-0.3, -0.25) is 10.1 Å². The van der Waals surface area contributed by atoms with E-state index in [1.54, 1.807) is 31.2 Å². The molecule has 3 nitrogen and oxygen atoms in total. The van der Waals surface area contributed by atoms with E-state index < -0.39 is 4.92 Å². The van der Waals surface area contributed by atoms with E-state index in [1.807, 2.05) is 0 Å². The highest BCUT2D eigenvalue weighted by atomic mass is 19.1. The van der Waals surface area contributed by atoms with Gasteiger partial charge in [0, 0.05) is 11.6 Å². The molecule has 0 saturated carbocycles. The molecule has 0 radical (unpaired) electrons. The third kappa shape index (κ3) is 2.30. The molecule has 0 N–H and O–H groups in total. The summed E-state index contributed by atoms with van der Waals surface area (Å²) in [5, 5.41) is 10.8. The first kappa shape index (κ1) is 11.3. The highest BCUT2D eigenvalue weighted by Gasteiger charge is 2.11. The lowest BCUT2D eigenvalue weighted by Gasteiger charge is -2.03. The average molecular weight is 231 g/mol. The predicted octanol–water partition coefficient (Wildman–Crippen LogP) is 3.71. The second kappa shape index (κ2) is 4.33. The highest BCUT2D eigenvalue weighted by Crippen LogP contribution is 2.26. The lowest BCUT2D eigenvalue weighted by Crippen LogP contribution is -1.92. The van der Waals surface area contributed by atoms with Crippen LogP contribution in [0.5, 0.6) is 0 Å². The number of aryl methyl sites for hydroxylation is 1. The Morgan fingerprint density at radius 3 is 2.24 bits per heavy atom. The summed E-state index contributed by atoms with van der Waals surface area (Å²) in [6.45, 7) is 1.69. The summed E-state index contributed by atoms with van der Waals surface area (Å²) in [4.78, 5) is 10.4. The molecular weight excluding hydrogens is 221 g/mol. The van der Waals surface area contributed by atoms with Crippen molar-refractivity contribution in [3.05, 3.63) is 64.0 Å². The molecule has 0 amide bonds. The largest absolute Gasteiger partial charge is 0.272 e. The minimum Gasteiger partial charge on any atom is -0.258 e. The van der Waals surface area contributed by atoms with Gasteiger partial charge in [0.15, 0.2) is 0 Å². The van der Waals surface area contributed by atoms with Crippen molar-refractivity contribution in [2.75, 3.05) is 0 Å². The molecule has 0 unspecified atom stereocenters. The molecule has 2 aromatic rings. The molecule has 0 heterocycles. The van der Waals surface area contributed by atoms with Gasteiger partial charge in [-0.15, -0.1) is 0 Å². The molecule has 0 spiro atoms. The van der Waals surface area contributed by atoms with Crippen molar-refractivity contribution in [3.8, 4) is 11.1 Å². The van der Waals surface area contributed by atoms with Gasteiger partial charge in [-0.1, -0.05) is 24.3 Å². The van der Waals surface area contributed by atoms with Crippen LogP contribution in [-0.2, 0) is 0 Å². The van der Waals surface area contributed by atoms with Gasteiger partial charge in [0.2, 0.25) is 0 Å². The first-order valence-corrected chi connectivity index (χ1v) is 5.09. The van der Waals surface area contributed by atoms with Crippen LogP contribution in [0.25, 0.3) is 11.1 Å². The summed E-state index contributed by atoms with van der Waals surface area (Å²) < 4.78 is 12.8. The molecule has 0 aromatic heterocycles. The molecule has 0 bridgehead atoms. The smallest absolute Gasteiger partial charge is 0.258 e. The van der Waals surface area contributed by atoms with Gasteiger partial charge in [0.05, 0.1) is 4.92 Å². The molecule has 2 aromatic carbocycles. The Labute approximate surface area is 97.7 Å². The summed E-state index contributed by atoms with van der Waals surface area (Å²) in [6, 6.07) is 10.9. The van der Waals surface area contributed by atoms with E-state index in [0.717, 1.165) is 5.56 Å². The van der Waals surface area contributed by atoms with Crippen LogP contribution in [0.3, 0.4) is 0 Å². The second-order valence-electron chi connectivity index (χ2n) is 3.77. The third-order valence-corrected chi connectivity index (χ3v) is 2.58. The molecule has 0 aliphatic rings. The van der Waals surface area contributed by atoms with E-state index in [2.05, 4.69) is 0 Å². The fourth-order valence-electron chi connectivity index (χ4n) is 1.63. The summed E-state index contributed by atoms with van der Waals surface area (Å²) in [7, 11) is 0. The summed E-state index contributed by atoms with van der Waals surface area (Å²) in [5.74, 6) is -0.324. The zero-order chi connectivity index (χ0) is 12.4. The Hall–Kier alpha value is -2.23. The third-order valence-electron chi connectivity index (χ3n) is 2.58. The normalized spacial score (nSPS) is 10.2. The maximum Gasteiger partial charge on any atom is 0.272 e. The van der Waals surface area contributed by atoms with Gasteiger partial charge in [-0.05, 0) is 30.2 Å². The van der Waals surface area contributed by atoms with Crippen LogP contribution in [0, 0.1) is 22.9 Å². The average Bonchev–Trinajstić information content (AvgIpc) is 2.30. The van der Waals surface area contributed by atoms with Crippen molar-refractivity contribution in [3.63, 3.8) is 0 Å². The van der Waals surface area contributed by atoms with Gasteiger partial charge in [0.1, 0.15) is 5.82 Å². The van der Waals surface area contributed by atoms with Gasteiger partial charge in [-0.25, -0.2) is 4.39 Å². The molecule has 17 heavy (non-hydrogen) atoms. The first-order valence-electron chi connectivity index (χ1n) is 5.09. The maximum absolute atomic E-state index is 12.8. The summed E-state index contributed by atoms with van der Waals surface area (Å²) in [5.41, 5.74) is 2.16. The van der Waals surface area contributed by atoms with Crippen molar-refractivity contribution in [1.82, 2.24) is 0 Å². The molecule has 86 valence electrons. The van der Waals surface area contributed by atoms with Crippen molar-refractivity contribution >= 4 is 5.69 Å². The zero-order valence-corrected chi connectivity index (χ0v) is 9.18. The number of hydrogen-bond acceptors (Lipinski definition) is 2. The Balaban J connectivity index is 2.50. The van der Waals surface area contributed by atoms with Gasteiger partial charge < -0.3 is 0 Å². The quantitative estimate of drug-likeness (QED) is 0.584. The van der Waals surface area contributed by atoms with Crippen LogP contribution in [0.15, 0.2) is 42.5 Å². The Bertz CT molecular complexity index is 564. The van der Waals surface area contributed by atoms with Crippen LogP contribution in [0.1, 0.15) is 5.56 Å². The van der Waals surface area contributed by atoms with Crippen molar-refractivity contribution < 1.29 is 9.31 Å². The molecule has 0 saturated heterocycles. The molecule has 0 atom stereocenters. The van der Waals surface area contributed by atoms with Gasteiger partial charge in [-0.2, -0.15) is 0 Å². The van der Waals surface area contributed by atoms with Gasteiger partial charge in [0.25, 0.3) is 5.69 Å². The molecule has 0 fully saturated rings. The van der Waals surface area contributed by atoms with Crippen LogP contribution >= 0.6 is 0 Å². The van der Waals surface area contributed by atoms with E-state index in [0.29, 0.717) is 11.1 Å². The second-order valence-corrected chi connectivity index (χ2v) is 3.77. The van der Waals surface area contributed by atoms with Gasteiger partial charge >= 0.3 is 0 Å². The fourth-order valence-corrected chi connectivity index (χ4v) is 1.63. The van der Waals surface area contributed by atoms with Crippen molar-refractivity contribution in [1.29, 1.82) is 0 Å². The number of nitro groups is 1. The topological polar surface area (TPSA) is 43.1 Å². The number of benzene rings is 2. The summed E-state index contributed by atoms with van der Waals surface area (Å²) in [6.07, 6.45) is 0. The Morgan fingerprint density at radius 2 is 1.65 bits per heavy atom. The van der Waals surface area contributed by atoms with Crippen LogP contribution in [0.2, 0.25) is 0 Å². The lowest BCUT2D eigenvalue weighted by molar-refractivity contribution is -0.385. The highest BCUT2D eigenvalue weighted by molar-refractivity contribution is 5.67. The minimum absolute atomic E-state index is 0.0758. The molecule has 0 aliphatic carbocycles. The van der Waals surface area contributed by atoms with Crippen molar-refractivity contribution in [2.24, 2.45) is 0 Å². The minimum atomic E-state index is -0.414. The van der Waals surface area contributed by atoms with E-state index >= 15 is 0 Å². The first-order chi connectivity index (χ1) is 8.08. The number of hydrogen-bond donors (Lipinski definition) is 0. The van der Waals surface area contributed by atoms with Crippen molar-refractivity contribution in [2.45, 2.75) is 6.92 Å². The summed E-state index contributed by atoms with van der Waals surface area (Å²) >= 11 is 0. The van der Waals surface area contributed by atoms with E-state index in [9.17, 15) is 14.5 Å². The van der Waals surface area contributed by atoms with Crippen LogP contribution < -0.4 is 0 Å². The number of rotatable bonds is 2. The van der Waals surface area contributed by atoms with E-state index in [4.69, 9.17) is 0 Å². The fraction of sp³-hybridized carbons (Fsp3) is 0.0769. The standard InChI is InChI=1S/C13H10FNO2/c1-9-2-3-11(8-13(9)15(16)17)10-4-6-12(14)7-5-10/h2-8H,1H3. The molecular formula is C13H10FNO2. The molecule has 0 aliphatic heterocycles. The monoisotopic (exact) mass is 231 g/mol. The molecule has 4 heteroatoms. The number of nitrogens with zero attached hydrogens (tertiary/aromatic N) is 1. The van der Waals surface area contributed by atoms with Crippen LogP contribution in [-0.4, -0.2) is 4.92 Å². The number of nitro benzene ring substituents is 1. The van der Waals surface area contributed by atoms with E-state index in [1.165, 1.54) is 18.2 Å². The Kier molecular flexibility index (Phi) is 2.87. The Morgan fingerprint density at radius 1 is 1.06 bits per heavy atom. The SMILES string of the molecule is Cc1ccc(-c2ccc(F)cc2)cc1[N+](=O)[O-]. The maximum atomic E-state index is 12.8. The number of halogens is 1. The molecule has 2 rings (SSSR count).